The first-order chi connectivity index (χ1) is 8.13. The molecule has 1 aliphatic heterocycles. The minimum atomic E-state index is -0.381. The average Bonchev–Trinajstić information content (AvgIpc) is 2.34. The van der Waals surface area contributed by atoms with Gasteiger partial charge >= 0.3 is 0 Å². The minimum absolute atomic E-state index is 0.166. The van der Waals surface area contributed by atoms with Gasteiger partial charge in [0.1, 0.15) is 0 Å². The zero-order valence-electron chi connectivity index (χ0n) is 10.4. The van der Waals surface area contributed by atoms with E-state index in [1.807, 2.05) is 25.2 Å². The van der Waals surface area contributed by atoms with Crippen LogP contribution in [0.25, 0.3) is 0 Å². The summed E-state index contributed by atoms with van der Waals surface area (Å²) in [7, 11) is 1.81. The number of hydrogen-bond donors (Lipinski definition) is 1. The molecule has 0 aliphatic carbocycles. The number of carbonyl (C=O) groups excluding carboxylic acids is 1. The molecule has 0 saturated heterocycles. The summed E-state index contributed by atoms with van der Waals surface area (Å²) in [6.45, 7) is 2.06. The van der Waals surface area contributed by atoms with E-state index < -0.39 is 0 Å². The van der Waals surface area contributed by atoms with Crippen molar-refractivity contribution < 1.29 is 9.90 Å². The van der Waals surface area contributed by atoms with E-state index in [2.05, 4.69) is 6.92 Å². The molecule has 3 heteroatoms. The number of anilines is 1. The van der Waals surface area contributed by atoms with Crippen molar-refractivity contribution in [3.63, 3.8) is 0 Å². The third kappa shape index (κ3) is 2.34. The Morgan fingerprint density at radius 3 is 2.88 bits per heavy atom. The molecule has 1 heterocycles. The number of benzene rings is 1. The molecule has 1 unspecified atom stereocenters. The number of rotatable bonds is 3. The maximum atomic E-state index is 11.6. The molecule has 0 spiro atoms. The molecule has 1 aromatic rings. The number of carbonyl (C=O) groups is 1. The number of aliphatic hydroxyl groups excluding tert-OH is 1. The van der Waals surface area contributed by atoms with Gasteiger partial charge in [0.15, 0.2) is 0 Å². The molecule has 0 saturated carbocycles. The summed E-state index contributed by atoms with van der Waals surface area (Å²) in [5.41, 5.74) is 3.11. The predicted octanol–water partition coefficient (Wildman–Crippen LogP) is 2.43. The van der Waals surface area contributed by atoms with E-state index in [4.69, 9.17) is 0 Å². The minimum Gasteiger partial charge on any atom is -0.388 e. The SMILES string of the molecule is CCCC(O)c1ccc2c(c1)CCC(=O)N2C. The number of fused-ring (bicyclic) bond motifs is 1. The lowest BCUT2D eigenvalue weighted by molar-refractivity contribution is -0.118. The highest BCUT2D eigenvalue weighted by Crippen LogP contribution is 2.30. The van der Waals surface area contributed by atoms with Crippen molar-refractivity contribution in [1.29, 1.82) is 0 Å². The van der Waals surface area contributed by atoms with E-state index in [1.165, 1.54) is 5.56 Å². The number of nitrogens with zero attached hydrogens (tertiary/aromatic N) is 1. The van der Waals surface area contributed by atoms with Gasteiger partial charge in [-0.05, 0) is 30.0 Å². The highest BCUT2D eigenvalue weighted by molar-refractivity contribution is 5.95. The van der Waals surface area contributed by atoms with Gasteiger partial charge < -0.3 is 10.0 Å². The van der Waals surface area contributed by atoms with Crippen LogP contribution in [0.4, 0.5) is 5.69 Å². The third-order valence-corrected chi connectivity index (χ3v) is 3.39. The lowest BCUT2D eigenvalue weighted by Crippen LogP contribution is -2.31. The largest absolute Gasteiger partial charge is 0.388 e. The van der Waals surface area contributed by atoms with Crippen molar-refractivity contribution >= 4 is 11.6 Å². The van der Waals surface area contributed by atoms with Crippen LogP contribution in [0.15, 0.2) is 18.2 Å². The van der Waals surface area contributed by atoms with Crippen LogP contribution < -0.4 is 4.90 Å². The second-order valence-electron chi connectivity index (χ2n) is 4.65. The second-order valence-corrected chi connectivity index (χ2v) is 4.65. The van der Waals surface area contributed by atoms with Crippen molar-refractivity contribution in [2.75, 3.05) is 11.9 Å². The van der Waals surface area contributed by atoms with Crippen molar-refractivity contribution in [3.8, 4) is 0 Å². The first kappa shape index (κ1) is 12.1. The zero-order chi connectivity index (χ0) is 12.4. The summed E-state index contributed by atoms with van der Waals surface area (Å²) in [6.07, 6.45) is 2.72. The number of amides is 1. The van der Waals surface area contributed by atoms with Gasteiger partial charge in [-0.25, -0.2) is 0 Å². The Morgan fingerprint density at radius 1 is 1.41 bits per heavy atom. The summed E-state index contributed by atoms with van der Waals surface area (Å²) in [6, 6.07) is 5.91. The molecule has 92 valence electrons. The van der Waals surface area contributed by atoms with E-state index in [0.29, 0.717) is 6.42 Å². The van der Waals surface area contributed by atoms with Gasteiger partial charge in [0.2, 0.25) is 5.91 Å². The first-order valence-electron chi connectivity index (χ1n) is 6.21. The maximum Gasteiger partial charge on any atom is 0.227 e. The highest BCUT2D eigenvalue weighted by Gasteiger charge is 2.21. The molecule has 0 radical (unpaired) electrons. The highest BCUT2D eigenvalue weighted by atomic mass is 16.3. The summed E-state index contributed by atoms with van der Waals surface area (Å²) < 4.78 is 0. The quantitative estimate of drug-likeness (QED) is 0.871. The van der Waals surface area contributed by atoms with Gasteiger partial charge in [0.05, 0.1) is 6.10 Å². The van der Waals surface area contributed by atoms with E-state index in [0.717, 1.165) is 30.5 Å². The fraction of sp³-hybridized carbons (Fsp3) is 0.500. The molecule has 17 heavy (non-hydrogen) atoms. The summed E-state index contributed by atoms with van der Waals surface area (Å²) >= 11 is 0. The second kappa shape index (κ2) is 4.88. The molecule has 3 nitrogen and oxygen atoms in total. The maximum absolute atomic E-state index is 11.6. The number of aryl methyl sites for hydroxylation is 1. The van der Waals surface area contributed by atoms with Crippen LogP contribution >= 0.6 is 0 Å². The Bertz CT molecular complexity index is 428. The fourth-order valence-electron chi connectivity index (χ4n) is 2.32. The topological polar surface area (TPSA) is 40.5 Å². The van der Waals surface area contributed by atoms with Crippen LogP contribution in [-0.4, -0.2) is 18.1 Å². The van der Waals surface area contributed by atoms with Crippen LogP contribution in [0, 0.1) is 0 Å². The molecule has 0 bridgehead atoms. The van der Waals surface area contributed by atoms with Crippen LogP contribution in [0.1, 0.15) is 43.4 Å². The normalized spacial score (nSPS) is 16.9. The fourth-order valence-corrected chi connectivity index (χ4v) is 2.32. The Labute approximate surface area is 102 Å². The molecule has 1 atom stereocenters. The van der Waals surface area contributed by atoms with Gasteiger partial charge in [0, 0.05) is 19.2 Å². The first-order valence-corrected chi connectivity index (χ1v) is 6.21. The van der Waals surface area contributed by atoms with Crippen LogP contribution in [0.5, 0.6) is 0 Å². The lowest BCUT2D eigenvalue weighted by atomic mass is 9.96. The van der Waals surface area contributed by atoms with Crippen molar-refractivity contribution in [2.45, 2.75) is 38.7 Å². The van der Waals surface area contributed by atoms with Gasteiger partial charge in [0.25, 0.3) is 0 Å². The van der Waals surface area contributed by atoms with Crippen LogP contribution in [-0.2, 0) is 11.2 Å². The summed E-state index contributed by atoms with van der Waals surface area (Å²) in [5, 5.41) is 9.96. The zero-order valence-corrected chi connectivity index (χ0v) is 10.4. The Kier molecular flexibility index (Phi) is 3.48. The van der Waals surface area contributed by atoms with Gasteiger partial charge in [-0.3, -0.25) is 4.79 Å². The molecule has 2 rings (SSSR count). The summed E-state index contributed by atoms with van der Waals surface area (Å²) in [5.74, 6) is 0.166. The van der Waals surface area contributed by atoms with E-state index in [9.17, 15) is 9.90 Å². The van der Waals surface area contributed by atoms with Crippen molar-refractivity contribution in [1.82, 2.24) is 0 Å². The molecule has 1 aromatic carbocycles. The van der Waals surface area contributed by atoms with Crippen LogP contribution in [0.3, 0.4) is 0 Å². The smallest absolute Gasteiger partial charge is 0.227 e. The Balaban J connectivity index is 2.29. The van der Waals surface area contributed by atoms with E-state index in [1.54, 1.807) is 4.90 Å². The third-order valence-electron chi connectivity index (χ3n) is 3.39. The van der Waals surface area contributed by atoms with E-state index >= 15 is 0 Å². The number of hydrogen-bond acceptors (Lipinski definition) is 2. The predicted molar refractivity (Wildman–Crippen MR) is 68.0 cm³/mol. The monoisotopic (exact) mass is 233 g/mol. The molecule has 0 fully saturated rings. The Morgan fingerprint density at radius 2 is 2.18 bits per heavy atom. The van der Waals surface area contributed by atoms with Crippen molar-refractivity contribution in [3.05, 3.63) is 29.3 Å². The molecule has 1 amide bonds. The van der Waals surface area contributed by atoms with Gasteiger partial charge in [-0.1, -0.05) is 25.5 Å². The molecule has 0 aromatic heterocycles. The number of aliphatic hydroxyl groups is 1. The van der Waals surface area contributed by atoms with Crippen molar-refractivity contribution in [2.24, 2.45) is 0 Å². The summed E-state index contributed by atoms with van der Waals surface area (Å²) in [4.78, 5) is 13.3. The molecular weight excluding hydrogens is 214 g/mol. The van der Waals surface area contributed by atoms with E-state index in [-0.39, 0.29) is 12.0 Å². The molecule has 1 aliphatic rings. The molecular formula is C14H19NO2. The van der Waals surface area contributed by atoms with Crippen LogP contribution in [0.2, 0.25) is 0 Å². The van der Waals surface area contributed by atoms with Gasteiger partial charge in [-0.15, -0.1) is 0 Å². The lowest BCUT2D eigenvalue weighted by Gasteiger charge is -2.26. The Hall–Kier alpha value is -1.35. The van der Waals surface area contributed by atoms with Gasteiger partial charge in [-0.2, -0.15) is 0 Å². The standard InChI is InChI=1S/C14H19NO2/c1-3-4-13(16)11-5-7-12-10(9-11)6-8-14(17)15(12)2/h5,7,9,13,16H,3-4,6,8H2,1-2H3. The molecule has 1 N–H and O–H groups in total. The average molecular weight is 233 g/mol.